The Kier molecular flexibility index (Phi) is 2.61. The van der Waals surface area contributed by atoms with Crippen molar-refractivity contribution in [3.05, 3.63) is 5.92 Å². The van der Waals surface area contributed by atoms with Crippen LogP contribution in [-0.2, 0) is 4.79 Å². The van der Waals surface area contributed by atoms with E-state index in [9.17, 15) is 31.1 Å². The molecule has 2 N–H and O–H groups in total. The minimum atomic E-state index is -5.76. The summed E-state index contributed by atoms with van der Waals surface area (Å²) in [6.45, 7) is 0. The van der Waals surface area contributed by atoms with E-state index in [0.29, 0.717) is 0 Å². The highest BCUT2D eigenvalue weighted by Gasteiger charge is 2.61. The molecule has 1 radical (unpaired) electrons. The minimum absolute atomic E-state index is 2.53. The predicted octanol–water partition coefficient (Wildman–Crippen LogP) is 1.17. The fourth-order valence-electron chi connectivity index (χ4n) is 0.440. The molecule has 0 fully saturated rings. The van der Waals surface area contributed by atoms with Gasteiger partial charge in [0.25, 0.3) is 5.92 Å². The Balaban J connectivity index is 4.82. The number of alkyl halides is 6. The molecule has 0 aromatic carbocycles. The Bertz CT molecular complexity index is 167. The van der Waals surface area contributed by atoms with Crippen LogP contribution >= 0.6 is 0 Å². The van der Waals surface area contributed by atoms with Crippen molar-refractivity contribution >= 4 is 5.91 Å². The second-order valence-corrected chi connectivity index (χ2v) is 1.73. The van der Waals surface area contributed by atoms with Crippen LogP contribution in [0.1, 0.15) is 0 Å². The number of hydrogen-bond donors (Lipinski definition) is 1. The third-order valence-corrected chi connectivity index (χ3v) is 0.813. The molecule has 0 rings (SSSR count). The van der Waals surface area contributed by atoms with Crippen molar-refractivity contribution in [1.29, 1.82) is 0 Å². The van der Waals surface area contributed by atoms with Crippen LogP contribution in [0.4, 0.5) is 26.3 Å². The number of carbonyl (C=O) groups excluding carboxylic acids is 1. The molecule has 0 aliphatic heterocycles. The van der Waals surface area contributed by atoms with Gasteiger partial charge in [-0.1, -0.05) is 0 Å². The average molecular weight is 194 g/mol. The molecular formula is C4H2F6NO. The zero-order valence-electron chi connectivity index (χ0n) is 5.25. The van der Waals surface area contributed by atoms with Gasteiger partial charge in [0.05, 0.1) is 0 Å². The Labute approximate surface area is 62.3 Å². The van der Waals surface area contributed by atoms with Gasteiger partial charge in [-0.05, 0) is 0 Å². The smallest absolute Gasteiger partial charge is 0.369 e. The van der Waals surface area contributed by atoms with Gasteiger partial charge >= 0.3 is 12.4 Å². The van der Waals surface area contributed by atoms with E-state index in [1.807, 2.05) is 0 Å². The van der Waals surface area contributed by atoms with Crippen molar-refractivity contribution in [2.75, 3.05) is 0 Å². The molecule has 1 amide bonds. The van der Waals surface area contributed by atoms with Gasteiger partial charge in [0.15, 0.2) is 0 Å². The lowest BCUT2D eigenvalue weighted by Gasteiger charge is -2.18. The molecule has 12 heavy (non-hydrogen) atoms. The Morgan fingerprint density at radius 2 is 1.17 bits per heavy atom. The molecule has 0 aliphatic carbocycles. The van der Waals surface area contributed by atoms with Gasteiger partial charge in [-0.2, -0.15) is 26.3 Å². The molecule has 0 saturated heterocycles. The number of rotatable bonds is 1. The monoisotopic (exact) mass is 194 g/mol. The molecule has 71 valence electrons. The van der Waals surface area contributed by atoms with Gasteiger partial charge < -0.3 is 5.73 Å². The average Bonchev–Trinajstić information content (AvgIpc) is 1.49. The van der Waals surface area contributed by atoms with Crippen LogP contribution < -0.4 is 5.73 Å². The van der Waals surface area contributed by atoms with Gasteiger partial charge in [-0.25, -0.2) is 0 Å². The molecule has 2 nitrogen and oxygen atoms in total. The van der Waals surface area contributed by atoms with Crippen molar-refractivity contribution < 1.29 is 31.1 Å². The summed E-state index contributed by atoms with van der Waals surface area (Å²) < 4.78 is 68.5. The Hall–Kier alpha value is -0.950. The zero-order chi connectivity index (χ0) is 10.2. The largest absolute Gasteiger partial charge is 0.413 e. The van der Waals surface area contributed by atoms with Gasteiger partial charge in [-0.3, -0.25) is 4.79 Å². The zero-order valence-corrected chi connectivity index (χ0v) is 5.25. The van der Waals surface area contributed by atoms with E-state index in [0.717, 1.165) is 0 Å². The summed E-state index contributed by atoms with van der Waals surface area (Å²) in [4.78, 5) is 9.74. The molecule has 0 heterocycles. The maximum absolute atomic E-state index is 11.4. The number of carbonyl (C=O) groups is 1. The first-order valence-corrected chi connectivity index (χ1v) is 2.38. The summed E-state index contributed by atoms with van der Waals surface area (Å²) in [5.74, 6) is -5.73. The molecule has 0 spiro atoms. The number of halogens is 6. The first kappa shape index (κ1) is 11.0. The van der Waals surface area contributed by atoms with Crippen molar-refractivity contribution in [2.24, 2.45) is 5.73 Å². The number of nitrogens with two attached hydrogens (primary N) is 1. The molecule has 8 heteroatoms. The van der Waals surface area contributed by atoms with E-state index >= 15 is 0 Å². The quantitative estimate of drug-likeness (QED) is 0.625. The topological polar surface area (TPSA) is 43.1 Å². The van der Waals surface area contributed by atoms with Crippen LogP contribution in [0, 0.1) is 5.92 Å². The third kappa shape index (κ3) is 2.59. The fourth-order valence-corrected chi connectivity index (χ4v) is 0.440. The van der Waals surface area contributed by atoms with E-state index in [1.54, 1.807) is 0 Å². The molecule has 0 atom stereocenters. The first-order chi connectivity index (χ1) is 5.07. The van der Waals surface area contributed by atoms with E-state index in [2.05, 4.69) is 5.73 Å². The summed E-state index contributed by atoms with van der Waals surface area (Å²) in [6.07, 6.45) is -11.5. The van der Waals surface area contributed by atoms with Crippen LogP contribution in [0.25, 0.3) is 0 Å². The lowest BCUT2D eigenvalue weighted by atomic mass is 10.1. The van der Waals surface area contributed by atoms with Crippen molar-refractivity contribution in [2.45, 2.75) is 12.4 Å². The fraction of sp³-hybridized carbons (Fsp3) is 0.500. The predicted molar refractivity (Wildman–Crippen MR) is 24.5 cm³/mol. The normalized spacial score (nSPS) is 13.6. The van der Waals surface area contributed by atoms with Crippen LogP contribution in [0.5, 0.6) is 0 Å². The van der Waals surface area contributed by atoms with E-state index in [-0.39, 0.29) is 0 Å². The van der Waals surface area contributed by atoms with E-state index in [1.165, 1.54) is 0 Å². The van der Waals surface area contributed by atoms with Crippen molar-refractivity contribution in [3.63, 3.8) is 0 Å². The molecule has 0 unspecified atom stereocenters. The minimum Gasteiger partial charge on any atom is -0.369 e. The molecule has 0 saturated carbocycles. The maximum atomic E-state index is 11.4. The van der Waals surface area contributed by atoms with Crippen LogP contribution in [0.3, 0.4) is 0 Å². The Morgan fingerprint density at radius 1 is 0.917 bits per heavy atom. The third-order valence-electron chi connectivity index (χ3n) is 0.813. The molecule has 0 aliphatic rings. The van der Waals surface area contributed by atoms with Crippen LogP contribution in [0.15, 0.2) is 0 Å². The van der Waals surface area contributed by atoms with Crippen molar-refractivity contribution in [3.8, 4) is 0 Å². The molecule has 0 aromatic rings. The Morgan fingerprint density at radius 3 is 1.17 bits per heavy atom. The summed E-state index contributed by atoms with van der Waals surface area (Å²) >= 11 is 0. The summed E-state index contributed by atoms with van der Waals surface area (Å²) in [6, 6.07) is 0. The number of amides is 1. The second kappa shape index (κ2) is 2.83. The number of hydrogen-bond acceptors (Lipinski definition) is 1. The lowest BCUT2D eigenvalue weighted by Crippen LogP contribution is -2.43. The maximum Gasteiger partial charge on any atom is 0.413 e. The molecule has 0 bridgehead atoms. The molecule has 0 aromatic heterocycles. The summed E-state index contributed by atoms with van der Waals surface area (Å²) in [7, 11) is 0. The highest BCUT2D eigenvalue weighted by atomic mass is 19.4. The van der Waals surface area contributed by atoms with Gasteiger partial charge in [0.2, 0.25) is 5.91 Å². The van der Waals surface area contributed by atoms with E-state index < -0.39 is 24.2 Å². The van der Waals surface area contributed by atoms with Crippen LogP contribution in [0.2, 0.25) is 0 Å². The standard InChI is InChI=1S/C4H2F6NO/c5-3(6,7)1(2(11)12)4(8,9)10/h(H2,11,12). The highest BCUT2D eigenvalue weighted by molar-refractivity contribution is 5.90. The van der Waals surface area contributed by atoms with Gasteiger partial charge in [-0.15, -0.1) is 0 Å². The van der Waals surface area contributed by atoms with Gasteiger partial charge in [0, 0.05) is 0 Å². The summed E-state index contributed by atoms with van der Waals surface area (Å²) in [5, 5.41) is 0. The van der Waals surface area contributed by atoms with Crippen LogP contribution in [-0.4, -0.2) is 18.3 Å². The molecular weight excluding hydrogens is 192 g/mol. The van der Waals surface area contributed by atoms with Gasteiger partial charge in [0.1, 0.15) is 0 Å². The van der Waals surface area contributed by atoms with E-state index in [4.69, 9.17) is 0 Å². The SMILES string of the molecule is NC(=O)[C](C(F)(F)F)C(F)(F)F. The first-order valence-electron chi connectivity index (χ1n) is 2.38. The lowest BCUT2D eigenvalue weighted by molar-refractivity contribution is -0.205. The number of primary amides is 1. The van der Waals surface area contributed by atoms with Crippen molar-refractivity contribution in [1.82, 2.24) is 0 Å². The highest BCUT2D eigenvalue weighted by Crippen LogP contribution is 2.40. The second-order valence-electron chi connectivity index (χ2n) is 1.73. The summed E-state index contributed by atoms with van der Waals surface area (Å²) in [5.41, 5.74) is 3.89.